The molecule has 0 bridgehead atoms. The molecule has 29 heavy (non-hydrogen) atoms. The third-order valence-electron chi connectivity index (χ3n) is 4.35. The third kappa shape index (κ3) is 4.30. The number of carbonyl (C=O) groups is 1. The molecule has 0 atom stereocenters. The van der Waals surface area contributed by atoms with E-state index in [1.54, 1.807) is 25.7 Å². The van der Waals surface area contributed by atoms with Gasteiger partial charge in [0.2, 0.25) is 0 Å². The van der Waals surface area contributed by atoms with Gasteiger partial charge < -0.3 is 10.1 Å². The van der Waals surface area contributed by atoms with Crippen LogP contribution >= 0.6 is 11.3 Å². The van der Waals surface area contributed by atoms with Gasteiger partial charge in [-0.25, -0.2) is 9.97 Å². The second kappa shape index (κ2) is 8.62. The Balaban J connectivity index is 1.62. The molecule has 3 aromatic heterocycles. The van der Waals surface area contributed by atoms with E-state index in [0.717, 1.165) is 33.0 Å². The second-order valence-electron chi connectivity index (χ2n) is 6.22. The van der Waals surface area contributed by atoms with Crippen LogP contribution in [-0.2, 0) is 6.54 Å². The lowest BCUT2D eigenvalue weighted by atomic mass is 10.1. The quantitative estimate of drug-likeness (QED) is 0.523. The number of methoxy groups -OCH3 is 1. The van der Waals surface area contributed by atoms with Gasteiger partial charge in [0.15, 0.2) is 0 Å². The molecule has 7 heteroatoms. The predicted molar refractivity (Wildman–Crippen MR) is 113 cm³/mol. The Labute approximate surface area is 172 Å². The van der Waals surface area contributed by atoms with Crippen LogP contribution in [0.25, 0.3) is 21.7 Å². The molecule has 0 aliphatic carbocycles. The van der Waals surface area contributed by atoms with Gasteiger partial charge in [0.05, 0.1) is 22.6 Å². The summed E-state index contributed by atoms with van der Waals surface area (Å²) in [6.45, 7) is 0.418. The Hall–Kier alpha value is -3.58. The molecule has 4 aromatic rings. The summed E-state index contributed by atoms with van der Waals surface area (Å²) in [7, 11) is 1.62. The molecule has 0 saturated heterocycles. The SMILES string of the molecule is COc1cccc(CNC(=O)c2cc(-c3ccncc3)c(-c3ccncn3)s2)c1. The van der Waals surface area contributed by atoms with Gasteiger partial charge in [-0.15, -0.1) is 11.3 Å². The standard InChI is InChI=1S/C22H18N4O2S/c1-28-17-4-2-3-15(11-17)13-25-22(27)20-12-18(16-5-8-23-9-6-16)21(29-20)19-7-10-24-14-26-19/h2-12,14H,13H2,1H3,(H,25,27). The van der Waals surface area contributed by atoms with Gasteiger partial charge in [-0.3, -0.25) is 9.78 Å². The second-order valence-corrected chi connectivity index (χ2v) is 7.27. The summed E-state index contributed by atoms with van der Waals surface area (Å²) in [5.41, 5.74) is 3.68. The van der Waals surface area contributed by atoms with E-state index in [9.17, 15) is 4.79 Å². The van der Waals surface area contributed by atoms with Gasteiger partial charge in [-0.1, -0.05) is 12.1 Å². The molecule has 0 radical (unpaired) electrons. The molecule has 1 aromatic carbocycles. The molecular weight excluding hydrogens is 384 g/mol. The fraction of sp³-hybridized carbons (Fsp3) is 0.0909. The lowest BCUT2D eigenvalue weighted by Crippen LogP contribution is -2.21. The van der Waals surface area contributed by atoms with Crippen molar-refractivity contribution in [2.24, 2.45) is 0 Å². The summed E-state index contributed by atoms with van der Waals surface area (Å²) in [4.78, 5) is 26.8. The Morgan fingerprint density at radius 1 is 1.07 bits per heavy atom. The number of thiophene rings is 1. The number of hydrogen-bond acceptors (Lipinski definition) is 6. The summed E-state index contributed by atoms with van der Waals surface area (Å²) in [5.74, 6) is 0.632. The van der Waals surface area contributed by atoms with Crippen molar-refractivity contribution in [2.75, 3.05) is 7.11 Å². The van der Waals surface area contributed by atoms with Crippen molar-refractivity contribution in [1.29, 1.82) is 0 Å². The van der Waals surface area contributed by atoms with E-state index in [-0.39, 0.29) is 5.91 Å². The zero-order chi connectivity index (χ0) is 20.1. The van der Waals surface area contributed by atoms with Crippen LogP contribution < -0.4 is 10.1 Å². The zero-order valence-corrected chi connectivity index (χ0v) is 16.5. The predicted octanol–water partition coefficient (Wildman–Crippen LogP) is 4.21. The van der Waals surface area contributed by atoms with Gasteiger partial charge in [-0.05, 0) is 47.5 Å². The maximum absolute atomic E-state index is 12.8. The highest BCUT2D eigenvalue weighted by molar-refractivity contribution is 7.18. The van der Waals surface area contributed by atoms with E-state index < -0.39 is 0 Å². The van der Waals surface area contributed by atoms with Crippen LogP contribution in [0.15, 0.2) is 73.4 Å². The van der Waals surface area contributed by atoms with E-state index in [1.807, 2.05) is 48.5 Å². The highest BCUT2D eigenvalue weighted by Crippen LogP contribution is 2.38. The number of rotatable bonds is 6. The maximum atomic E-state index is 12.8. The average molecular weight is 402 g/mol. The molecule has 4 rings (SSSR count). The number of pyridine rings is 1. The zero-order valence-electron chi connectivity index (χ0n) is 15.7. The number of carbonyl (C=O) groups excluding carboxylic acids is 1. The number of nitrogens with one attached hydrogen (secondary N) is 1. The molecule has 144 valence electrons. The van der Waals surface area contributed by atoms with Gasteiger partial charge >= 0.3 is 0 Å². The third-order valence-corrected chi connectivity index (χ3v) is 5.51. The van der Waals surface area contributed by atoms with E-state index in [2.05, 4.69) is 20.3 Å². The lowest BCUT2D eigenvalue weighted by Gasteiger charge is -2.06. The molecule has 0 aliphatic rings. The monoisotopic (exact) mass is 402 g/mol. The first-order valence-corrected chi connectivity index (χ1v) is 9.78. The van der Waals surface area contributed by atoms with Crippen LogP contribution in [0.3, 0.4) is 0 Å². The first-order valence-electron chi connectivity index (χ1n) is 8.96. The van der Waals surface area contributed by atoms with Gasteiger partial charge in [0.25, 0.3) is 5.91 Å². The van der Waals surface area contributed by atoms with Crippen LogP contribution in [0.1, 0.15) is 15.2 Å². The molecule has 6 nitrogen and oxygen atoms in total. The fourth-order valence-electron chi connectivity index (χ4n) is 2.92. The van der Waals surface area contributed by atoms with Crippen LogP contribution in [0.2, 0.25) is 0 Å². The Morgan fingerprint density at radius 2 is 1.90 bits per heavy atom. The highest BCUT2D eigenvalue weighted by atomic mass is 32.1. The van der Waals surface area contributed by atoms with Gasteiger partial charge in [-0.2, -0.15) is 0 Å². The largest absolute Gasteiger partial charge is 0.497 e. The first-order chi connectivity index (χ1) is 14.2. The number of amides is 1. The molecule has 0 unspecified atom stereocenters. The van der Waals surface area contributed by atoms with Crippen LogP contribution in [0.4, 0.5) is 0 Å². The maximum Gasteiger partial charge on any atom is 0.261 e. The van der Waals surface area contributed by atoms with E-state index in [4.69, 9.17) is 4.74 Å². The highest BCUT2D eigenvalue weighted by Gasteiger charge is 2.18. The number of nitrogens with zero attached hydrogens (tertiary/aromatic N) is 3. The fourth-order valence-corrected chi connectivity index (χ4v) is 3.99. The van der Waals surface area contributed by atoms with Crippen LogP contribution in [0, 0.1) is 0 Å². The molecule has 0 aliphatic heterocycles. The van der Waals surface area contributed by atoms with Crippen molar-refractivity contribution in [3.05, 3.63) is 83.9 Å². The van der Waals surface area contributed by atoms with E-state index in [1.165, 1.54) is 17.7 Å². The molecule has 0 saturated carbocycles. The van der Waals surface area contributed by atoms with Crippen molar-refractivity contribution in [1.82, 2.24) is 20.3 Å². The number of ether oxygens (including phenoxy) is 1. The van der Waals surface area contributed by atoms with E-state index in [0.29, 0.717) is 11.4 Å². The first kappa shape index (κ1) is 18.8. The summed E-state index contributed by atoms with van der Waals surface area (Å²) in [6.07, 6.45) is 6.67. The van der Waals surface area contributed by atoms with Gasteiger partial charge in [0, 0.05) is 30.7 Å². The topological polar surface area (TPSA) is 77.0 Å². The summed E-state index contributed by atoms with van der Waals surface area (Å²) in [6, 6.07) is 15.2. The minimum absolute atomic E-state index is 0.131. The summed E-state index contributed by atoms with van der Waals surface area (Å²) in [5, 5.41) is 2.98. The Morgan fingerprint density at radius 3 is 2.66 bits per heavy atom. The van der Waals surface area contributed by atoms with Crippen LogP contribution in [-0.4, -0.2) is 28.0 Å². The minimum atomic E-state index is -0.131. The van der Waals surface area contributed by atoms with E-state index >= 15 is 0 Å². The van der Waals surface area contributed by atoms with Crippen LogP contribution in [0.5, 0.6) is 5.75 Å². The number of benzene rings is 1. The molecule has 3 heterocycles. The van der Waals surface area contributed by atoms with Crippen molar-refractivity contribution in [3.8, 4) is 27.4 Å². The Kier molecular flexibility index (Phi) is 5.58. The summed E-state index contributed by atoms with van der Waals surface area (Å²) >= 11 is 1.41. The number of aromatic nitrogens is 3. The Bertz CT molecular complexity index is 1060. The lowest BCUT2D eigenvalue weighted by molar-refractivity contribution is 0.0955. The molecule has 0 fully saturated rings. The molecular formula is C22H18N4O2S. The van der Waals surface area contributed by atoms with Gasteiger partial charge in [0.1, 0.15) is 12.1 Å². The molecule has 1 amide bonds. The molecule has 1 N–H and O–H groups in total. The smallest absolute Gasteiger partial charge is 0.261 e. The van der Waals surface area contributed by atoms with Crippen molar-refractivity contribution in [3.63, 3.8) is 0 Å². The van der Waals surface area contributed by atoms with Crippen molar-refractivity contribution < 1.29 is 9.53 Å². The number of hydrogen-bond donors (Lipinski definition) is 1. The molecule has 0 spiro atoms. The normalized spacial score (nSPS) is 10.5. The van der Waals surface area contributed by atoms with Crippen molar-refractivity contribution >= 4 is 17.2 Å². The van der Waals surface area contributed by atoms with Crippen molar-refractivity contribution in [2.45, 2.75) is 6.54 Å². The average Bonchev–Trinajstić information content (AvgIpc) is 3.24. The minimum Gasteiger partial charge on any atom is -0.497 e. The summed E-state index contributed by atoms with van der Waals surface area (Å²) < 4.78 is 5.24.